The number of hydrazine groups is 1. The number of hydrogen-bond acceptors (Lipinski definition) is 5. The van der Waals surface area contributed by atoms with E-state index in [1.54, 1.807) is 42.3 Å². The summed E-state index contributed by atoms with van der Waals surface area (Å²) >= 11 is 0. The van der Waals surface area contributed by atoms with Crippen LogP contribution in [0, 0.1) is 0 Å². The minimum atomic E-state index is -0.297. The lowest BCUT2D eigenvalue weighted by Gasteiger charge is -2.08. The first-order valence-electron chi connectivity index (χ1n) is 4.93. The quantitative estimate of drug-likeness (QED) is 0.524. The first kappa shape index (κ1) is 11.1. The Morgan fingerprint density at radius 2 is 2.24 bits per heavy atom. The highest BCUT2D eigenvalue weighted by molar-refractivity contribution is 6.06. The van der Waals surface area contributed by atoms with Crippen molar-refractivity contribution in [3.63, 3.8) is 0 Å². The molecule has 0 atom stereocenters. The van der Waals surface area contributed by atoms with Crippen LogP contribution in [-0.4, -0.2) is 20.7 Å². The molecule has 0 unspecified atom stereocenters. The van der Waals surface area contributed by atoms with Crippen molar-refractivity contribution in [3.05, 3.63) is 36.2 Å². The van der Waals surface area contributed by atoms with E-state index in [-0.39, 0.29) is 5.91 Å². The Morgan fingerprint density at radius 3 is 2.88 bits per heavy atom. The standard InChI is InChI=1S/C10H12N6O/c1-16-8(4-6-13-16)14-10(17)7-3-2-5-12-9(7)15-11/h2-6H,11H2,1H3,(H,12,15)(H,14,17). The Kier molecular flexibility index (Phi) is 3.01. The third kappa shape index (κ3) is 2.23. The van der Waals surface area contributed by atoms with Crippen molar-refractivity contribution in [1.29, 1.82) is 0 Å². The Hall–Kier alpha value is -2.41. The number of aryl methyl sites for hydroxylation is 1. The van der Waals surface area contributed by atoms with Crippen molar-refractivity contribution >= 4 is 17.5 Å². The van der Waals surface area contributed by atoms with E-state index in [0.717, 1.165) is 0 Å². The van der Waals surface area contributed by atoms with E-state index in [4.69, 9.17) is 5.84 Å². The van der Waals surface area contributed by atoms with Gasteiger partial charge in [-0.15, -0.1) is 0 Å². The summed E-state index contributed by atoms with van der Waals surface area (Å²) in [6.45, 7) is 0. The molecule has 0 aliphatic heterocycles. The fourth-order valence-electron chi connectivity index (χ4n) is 1.38. The molecule has 7 heteroatoms. The lowest BCUT2D eigenvalue weighted by molar-refractivity contribution is 0.102. The normalized spacial score (nSPS) is 10.0. The zero-order valence-electron chi connectivity index (χ0n) is 9.21. The fraction of sp³-hybridized carbons (Fsp3) is 0.100. The van der Waals surface area contributed by atoms with Crippen molar-refractivity contribution in [2.45, 2.75) is 0 Å². The van der Waals surface area contributed by atoms with E-state index in [1.807, 2.05) is 0 Å². The molecule has 0 saturated carbocycles. The number of nitrogens with two attached hydrogens (primary N) is 1. The molecular weight excluding hydrogens is 220 g/mol. The van der Waals surface area contributed by atoms with Gasteiger partial charge in [0.1, 0.15) is 5.82 Å². The van der Waals surface area contributed by atoms with Crippen LogP contribution in [0.1, 0.15) is 10.4 Å². The maximum Gasteiger partial charge on any atom is 0.260 e. The molecule has 88 valence electrons. The predicted molar refractivity (Wildman–Crippen MR) is 63.2 cm³/mol. The van der Waals surface area contributed by atoms with Gasteiger partial charge < -0.3 is 10.7 Å². The van der Waals surface area contributed by atoms with Crippen molar-refractivity contribution in [1.82, 2.24) is 14.8 Å². The van der Waals surface area contributed by atoms with Gasteiger partial charge in [0.05, 0.1) is 11.8 Å². The number of carbonyl (C=O) groups is 1. The predicted octanol–water partition coefficient (Wildman–Crippen LogP) is 0.353. The number of nitrogen functional groups attached to an aromatic ring is 1. The Labute approximate surface area is 97.6 Å². The van der Waals surface area contributed by atoms with Gasteiger partial charge in [0.2, 0.25) is 0 Å². The zero-order valence-corrected chi connectivity index (χ0v) is 9.21. The number of nitrogens with zero attached hydrogens (tertiary/aromatic N) is 3. The molecule has 2 rings (SSSR count). The Bertz CT molecular complexity index is 535. The summed E-state index contributed by atoms with van der Waals surface area (Å²) in [6.07, 6.45) is 3.15. The molecule has 7 nitrogen and oxygen atoms in total. The van der Waals surface area contributed by atoms with Crippen LogP contribution in [0.4, 0.5) is 11.6 Å². The number of aromatic nitrogens is 3. The van der Waals surface area contributed by atoms with Crippen LogP contribution >= 0.6 is 0 Å². The molecule has 17 heavy (non-hydrogen) atoms. The second-order valence-electron chi connectivity index (χ2n) is 3.34. The van der Waals surface area contributed by atoms with E-state index in [1.165, 1.54) is 0 Å². The smallest absolute Gasteiger partial charge is 0.260 e. The molecule has 0 aliphatic rings. The minimum absolute atomic E-state index is 0.297. The molecule has 0 aliphatic carbocycles. The Morgan fingerprint density at radius 1 is 1.41 bits per heavy atom. The average Bonchev–Trinajstić information content (AvgIpc) is 2.75. The summed E-state index contributed by atoms with van der Waals surface area (Å²) in [5.41, 5.74) is 2.75. The van der Waals surface area contributed by atoms with Crippen LogP contribution < -0.4 is 16.6 Å². The van der Waals surface area contributed by atoms with E-state index in [2.05, 4.69) is 20.8 Å². The van der Waals surface area contributed by atoms with Gasteiger partial charge in [-0.1, -0.05) is 0 Å². The summed E-state index contributed by atoms with van der Waals surface area (Å²) in [7, 11) is 1.74. The molecule has 1 amide bonds. The number of carbonyl (C=O) groups excluding carboxylic acids is 1. The van der Waals surface area contributed by atoms with E-state index in [0.29, 0.717) is 17.2 Å². The van der Waals surface area contributed by atoms with Crippen molar-refractivity contribution in [2.75, 3.05) is 10.7 Å². The van der Waals surface area contributed by atoms with Gasteiger partial charge in [-0.25, -0.2) is 10.8 Å². The van der Waals surface area contributed by atoms with E-state index >= 15 is 0 Å². The number of anilines is 2. The monoisotopic (exact) mass is 232 g/mol. The van der Waals surface area contributed by atoms with E-state index < -0.39 is 0 Å². The van der Waals surface area contributed by atoms with E-state index in [9.17, 15) is 4.79 Å². The molecule has 2 aromatic rings. The highest BCUT2D eigenvalue weighted by atomic mass is 16.1. The molecule has 0 fully saturated rings. The minimum Gasteiger partial charge on any atom is -0.308 e. The molecule has 0 spiro atoms. The van der Waals surface area contributed by atoms with Gasteiger partial charge in [0.25, 0.3) is 5.91 Å². The third-order valence-electron chi connectivity index (χ3n) is 2.25. The number of nitrogens with one attached hydrogen (secondary N) is 2. The van der Waals surface area contributed by atoms with Crippen LogP contribution in [0.2, 0.25) is 0 Å². The first-order chi connectivity index (χ1) is 8.22. The molecule has 2 heterocycles. The molecule has 0 aromatic carbocycles. The maximum atomic E-state index is 12.0. The summed E-state index contributed by atoms with van der Waals surface area (Å²) in [5, 5.41) is 6.66. The van der Waals surface area contributed by atoms with Gasteiger partial charge in [-0.3, -0.25) is 9.48 Å². The zero-order chi connectivity index (χ0) is 12.3. The maximum absolute atomic E-state index is 12.0. The van der Waals surface area contributed by atoms with Gasteiger partial charge in [-0.05, 0) is 12.1 Å². The molecule has 2 aromatic heterocycles. The third-order valence-corrected chi connectivity index (χ3v) is 2.25. The molecule has 4 N–H and O–H groups in total. The molecule has 0 radical (unpaired) electrons. The summed E-state index contributed by atoms with van der Waals surface area (Å²) in [5.74, 6) is 5.91. The van der Waals surface area contributed by atoms with Gasteiger partial charge in [0, 0.05) is 19.3 Å². The average molecular weight is 232 g/mol. The number of rotatable bonds is 3. The molecular formula is C10H12N6O. The van der Waals surface area contributed by atoms with Crippen molar-refractivity contribution < 1.29 is 4.79 Å². The van der Waals surface area contributed by atoms with Crippen LogP contribution in [0.5, 0.6) is 0 Å². The molecule has 0 bridgehead atoms. The van der Waals surface area contributed by atoms with Crippen LogP contribution in [-0.2, 0) is 7.05 Å². The van der Waals surface area contributed by atoms with Crippen molar-refractivity contribution in [2.24, 2.45) is 12.9 Å². The highest BCUT2D eigenvalue weighted by Gasteiger charge is 2.12. The SMILES string of the molecule is Cn1nccc1NC(=O)c1cccnc1NN. The van der Waals surface area contributed by atoms with Crippen LogP contribution in [0.3, 0.4) is 0 Å². The van der Waals surface area contributed by atoms with Gasteiger partial charge >= 0.3 is 0 Å². The second-order valence-corrected chi connectivity index (χ2v) is 3.34. The van der Waals surface area contributed by atoms with Crippen LogP contribution in [0.25, 0.3) is 0 Å². The van der Waals surface area contributed by atoms with Crippen molar-refractivity contribution in [3.8, 4) is 0 Å². The number of hydrogen-bond donors (Lipinski definition) is 3. The van der Waals surface area contributed by atoms with Gasteiger partial charge in [-0.2, -0.15) is 5.10 Å². The highest BCUT2D eigenvalue weighted by Crippen LogP contribution is 2.13. The second kappa shape index (κ2) is 4.62. The fourth-order valence-corrected chi connectivity index (χ4v) is 1.38. The lowest BCUT2D eigenvalue weighted by atomic mass is 10.2. The van der Waals surface area contributed by atoms with Crippen LogP contribution in [0.15, 0.2) is 30.6 Å². The number of amides is 1. The topological polar surface area (TPSA) is 97.9 Å². The summed E-state index contributed by atoms with van der Waals surface area (Å²) in [6, 6.07) is 5.00. The van der Waals surface area contributed by atoms with Gasteiger partial charge in [0.15, 0.2) is 5.82 Å². The first-order valence-corrected chi connectivity index (χ1v) is 4.93. The lowest BCUT2D eigenvalue weighted by Crippen LogP contribution is -2.19. The molecule has 0 saturated heterocycles. The summed E-state index contributed by atoms with van der Waals surface area (Å²) < 4.78 is 1.56. The largest absolute Gasteiger partial charge is 0.308 e. The number of pyridine rings is 1. The Balaban J connectivity index is 2.23. The summed E-state index contributed by atoms with van der Waals surface area (Å²) in [4.78, 5) is 15.9.